The molecule has 0 fully saturated rings. The van der Waals surface area contributed by atoms with Gasteiger partial charge in [-0.05, 0) is 36.4 Å². The molecule has 0 radical (unpaired) electrons. The van der Waals surface area contributed by atoms with E-state index in [0.29, 0.717) is 17.1 Å². The standard InChI is InChI=1S/C16H11FN4/c17-12-4-1-5-14(11(12)9-18)21-15-7-6-13-10(16(15)19)3-2-8-20-13/h1-8,21H,19H2. The van der Waals surface area contributed by atoms with Gasteiger partial charge in [0.25, 0.3) is 0 Å². The van der Waals surface area contributed by atoms with E-state index in [1.165, 1.54) is 12.1 Å². The number of nitriles is 1. The van der Waals surface area contributed by atoms with Crippen LogP contribution < -0.4 is 11.1 Å². The number of rotatable bonds is 2. The second kappa shape index (κ2) is 5.10. The third-order valence-electron chi connectivity index (χ3n) is 3.22. The zero-order chi connectivity index (χ0) is 14.8. The summed E-state index contributed by atoms with van der Waals surface area (Å²) in [6.45, 7) is 0. The molecule has 0 atom stereocenters. The van der Waals surface area contributed by atoms with Crippen molar-refractivity contribution in [3.8, 4) is 6.07 Å². The first-order chi connectivity index (χ1) is 10.2. The molecule has 1 aromatic heterocycles. The third-order valence-corrected chi connectivity index (χ3v) is 3.22. The van der Waals surface area contributed by atoms with E-state index in [2.05, 4.69) is 10.3 Å². The van der Waals surface area contributed by atoms with Crippen LogP contribution in [0.1, 0.15) is 5.56 Å². The van der Waals surface area contributed by atoms with Gasteiger partial charge in [0, 0.05) is 11.6 Å². The van der Waals surface area contributed by atoms with Gasteiger partial charge < -0.3 is 11.1 Å². The Bertz CT molecular complexity index is 868. The first-order valence-corrected chi connectivity index (χ1v) is 6.29. The van der Waals surface area contributed by atoms with Crippen LogP contribution in [0.3, 0.4) is 0 Å². The summed E-state index contributed by atoms with van der Waals surface area (Å²) < 4.78 is 13.6. The number of nitrogens with zero attached hydrogens (tertiary/aromatic N) is 2. The summed E-state index contributed by atoms with van der Waals surface area (Å²) in [4.78, 5) is 4.22. The molecule has 3 N–H and O–H groups in total. The molecule has 0 saturated heterocycles. The maximum atomic E-state index is 13.6. The number of pyridine rings is 1. The van der Waals surface area contributed by atoms with Crippen LogP contribution in [0.4, 0.5) is 21.5 Å². The zero-order valence-electron chi connectivity index (χ0n) is 11.0. The van der Waals surface area contributed by atoms with Crippen LogP contribution >= 0.6 is 0 Å². The smallest absolute Gasteiger partial charge is 0.143 e. The molecule has 0 unspecified atom stereocenters. The van der Waals surface area contributed by atoms with E-state index in [4.69, 9.17) is 11.0 Å². The largest absolute Gasteiger partial charge is 0.396 e. The van der Waals surface area contributed by atoms with Gasteiger partial charge >= 0.3 is 0 Å². The molecule has 3 rings (SSSR count). The molecule has 1 heterocycles. The van der Waals surface area contributed by atoms with E-state index in [9.17, 15) is 4.39 Å². The quantitative estimate of drug-likeness (QED) is 0.703. The Kier molecular flexibility index (Phi) is 3.13. The summed E-state index contributed by atoms with van der Waals surface area (Å²) in [5, 5.41) is 12.9. The predicted molar refractivity (Wildman–Crippen MR) is 80.6 cm³/mol. The summed E-state index contributed by atoms with van der Waals surface area (Å²) in [6.07, 6.45) is 1.69. The number of nitrogens with two attached hydrogens (primary N) is 1. The van der Waals surface area contributed by atoms with Crippen LogP contribution in [0.2, 0.25) is 0 Å². The molecule has 102 valence electrons. The summed E-state index contributed by atoms with van der Waals surface area (Å²) in [6, 6.07) is 13.5. The maximum absolute atomic E-state index is 13.6. The number of anilines is 3. The fraction of sp³-hybridized carbons (Fsp3) is 0. The number of nitrogens with one attached hydrogen (secondary N) is 1. The molecule has 21 heavy (non-hydrogen) atoms. The van der Waals surface area contributed by atoms with Gasteiger partial charge in [0.15, 0.2) is 0 Å². The topological polar surface area (TPSA) is 74.7 Å². The molecule has 0 aliphatic rings. The summed E-state index contributed by atoms with van der Waals surface area (Å²) >= 11 is 0. The van der Waals surface area contributed by atoms with Gasteiger partial charge in [-0.3, -0.25) is 4.98 Å². The molecular weight excluding hydrogens is 267 g/mol. The Labute approximate surface area is 120 Å². The molecule has 5 heteroatoms. The SMILES string of the molecule is N#Cc1c(F)cccc1Nc1ccc2ncccc2c1N. The van der Waals surface area contributed by atoms with Crippen molar-refractivity contribution in [3.63, 3.8) is 0 Å². The van der Waals surface area contributed by atoms with E-state index < -0.39 is 5.82 Å². The van der Waals surface area contributed by atoms with Gasteiger partial charge in [-0.2, -0.15) is 5.26 Å². The molecule has 2 aromatic carbocycles. The van der Waals surface area contributed by atoms with E-state index in [1.807, 2.05) is 18.2 Å². The number of benzene rings is 2. The highest BCUT2D eigenvalue weighted by molar-refractivity contribution is 5.98. The Morgan fingerprint density at radius 3 is 2.76 bits per heavy atom. The number of halogens is 1. The first kappa shape index (κ1) is 12.9. The second-order valence-corrected chi connectivity index (χ2v) is 4.50. The van der Waals surface area contributed by atoms with Crippen LogP contribution in [0.5, 0.6) is 0 Å². The van der Waals surface area contributed by atoms with Crippen LogP contribution in [-0.4, -0.2) is 4.98 Å². The molecule has 0 amide bonds. The average Bonchev–Trinajstić information content (AvgIpc) is 2.50. The lowest BCUT2D eigenvalue weighted by molar-refractivity contribution is 0.624. The minimum atomic E-state index is -0.566. The molecule has 4 nitrogen and oxygen atoms in total. The van der Waals surface area contributed by atoms with Gasteiger partial charge in [-0.1, -0.05) is 6.07 Å². The maximum Gasteiger partial charge on any atom is 0.143 e. The van der Waals surface area contributed by atoms with Gasteiger partial charge in [-0.15, -0.1) is 0 Å². The Morgan fingerprint density at radius 1 is 1.10 bits per heavy atom. The Balaban J connectivity index is 2.09. The molecule has 0 bridgehead atoms. The number of hydrogen-bond donors (Lipinski definition) is 2. The zero-order valence-corrected chi connectivity index (χ0v) is 11.0. The fourth-order valence-corrected chi connectivity index (χ4v) is 2.17. The van der Waals surface area contributed by atoms with Crippen molar-refractivity contribution in [2.24, 2.45) is 0 Å². The minimum absolute atomic E-state index is 0.0387. The molecule has 0 aliphatic heterocycles. The van der Waals surface area contributed by atoms with E-state index >= 15 is 0 Å². The van der Waals surface area contributed by atoms with Gasteiger partial charge in [0.1, 0.15) is 17.4 Å². The van der Waals surface area contributed by atoms with Crippen molar-refractivity contribution in [2.75, 3.05) is 11.1 Å². The fourth-order valence-electron chi connectivity index (χ4n) is 2.17. The van der Waals surface area contributed by atoms with E-state index in [0.717, 1.165) is 10.9 Å². The van der Waals surface area contributed by atoms with Crippen molar-refractivity contribution >= 4 is 28.0 Å². The van der Waals surface area contributed by atoms with Crippen LogP contribution in [0.25, 0.3) is 10.9 Å². The van der Waals surface area contributed by atoms with Crippen LogP contribution in [-0.2, 0) is 0 Å². The minimum Gasteiger partial charge on any atom is -0.396 e. The third kappa shape index (κ3) is 2.23. The van der Waals surface area contributed by atoms with Crippen LogP contribution in [0.15, 0.2) is 48.7 Å². The highest BCUT2D eigenvalue weighted by Gasteiger charge is 2.10. The Morgan fingerprint density at radius 2 is 1.95 bits per heavy atom. The van der Waals surface area contributed by atoms with Gasteiger partial charge in [0.2, 0.25) is 0 Å². The van der Waals surface area contributed by atoms with Crippen molar-refractivity contribution in [1.82, 2.24) is 4.98 Å². The summed E-state index contributed by atoms with van der Waals surface area (Å²) in [7, 11) is 0. The predicted octanol–water partition coefficient (Wildman–Crippen LogP) is 3.57. The second-order valence-electron chi connectivity index (χ2n) is 4.50. The highest BCUT2D eigenvalue weighted by Crippen LogP contribution is 2.31. The van der Waals surface area contributed by atoms with E-state index in [1.54, 1.807) is 24.4 Å². The average molecular weight is 278 g/mol. The normalized spacial score (nSPS) is 10.3. The van der Waals surface area contributed by atoms with Crippen LogP contribution in [0, 0.1) is 17.1 Å². The monoisotopic (exact) mass is 278 g/mol. The van der Waals surface area contributed by atoms with Gasteiger partial charge in [0.05, 0.1) is 22.6 Å². The Hall–Kier alpha value is -3.13. The van der Waals surface area contributed by atoms with Crippen molar-refractivity contribution in [2.45, 2.75) is 0 Å². The molecule has 3 aromatic rings. The lowest BCUT2D eigenvalue weighted by Gasteiger charge is -2.12. The van der Waals surface area contributed by atoms with Crippen molar-refractivity contribution < 1.29 is 4.39 Å². The summed E-state index contributed by atoms with van der Waals surface area (Å²) in [5.41, 5.74) is 8.36. The first-order valence-electron chi connectivity index (χ1n) is 6.29. The van der Waals surface area contributed by atoms with Crippen molar-refractivity contribution in [1.29, 1.82) is 5.26 Å². The molecular formula is C16H11FN4. The number of nitrogen functional groups attached to an aromatic ring is 1. The van der Waals surface area contributed by atoms with E-state index in [-0.39, 0.29) is 5.56 Å². The molecule has 0 aliphatic carbocycles. The highest BCUT2D eigenvalue weighted by atomic mass is 19.1. The lowest BCUT2D eigenvalue weighted by atomic mass is 10.1. The van der Waals surface area contributed by atoms with Gasteiger partial charge in [-0.25, -0.2) is 4.39 Å². The summed E-state index contributed by atoms with van der Waals surface area (Å²) in [5.74, 6) is -0.566. The molecule has 0 saturated carbocycles. The molecule has 0 spiro atoms. The van der Waals surface area contributed by atoms with Crippen molar-refractivity contribution in [3.05, 3.63) is 60.0 Å². The number of aromatic nitrogens is 1. The number of fused-ring (bicyclic) bond motifs is 1. The lowest BCUT2D eigenvalue weighted by Crippen LogP contribution is -2.00. The number of hydrogen-bond acceptors (Lipinski definition) is 4.